The predicted molar refractivity (Wildman–Crippen MR) is 95.3 cm³/mol. The maximum atomic E-state index is 12.4. The number of nitrogens with one attached hydrogen (secondary N) is 2. The molecule has 1 saturated heterocycles. The maximum absolute atomic E-state index is 12.4. The monoisotopic (exact) mass is 378 g/mol. The number of rotatable bonds is 8. The molecule has 26 heavy (non-hydrogen) atoms. The summed E-state index contributed by atoms with van der Waals surface area (Å²) in [4.78, 5) is 12.3. The van der Waals surface area contributed by atoms with Gasteiger partial charge < -0.3 is 14.5 Å². The van der Waals surface area contributed by atoms with E-state index in [4.69, 9.17) is 9.15 Å². The third kappa shape index (κ3) is 4.94. The Morgan fingerprint density at radius 2 is 2.12 bits per heavy atom. The van der Waals surface area contributed by atoms with Crippen LogP contribution in [0.2, 0.25) is 0 Å². The molecule has 1 atom stereocenters. The summed E-state index contributed by atoms with van der Waals surface area (Å²) >= 11 is 0. The minimum absolute atomic E-state index is 0.0362. The number of carbonyl (C=O) groups is 1. The summed E-state index contributed by atoms with van der Waals surface area (Å²) in [6.45, 7) is 1.36. The molecule has 0 aliphatic carbocycles. The highest BCUT2D eigenvalue weighted by atomic mass is 32.2. The van der Waals surface area contributed by atoms with Crippen LogP contribution in [-0.4, -0.2) is 40.1 Å². The van der Waals surface area contributed by atoms with Crippen LogP contribution in [0.1, 0.15) is 29.0 Å². The van der Waals surface area contributed by atoms with Gasteiger partial charge in [-0.05, 0) is 43.2 Å². The Hall–Kier alpha value is -2.16. The summed E-state index contributed by atoms with van der Waals surface area (Å²) in [7, 11) is -3.70. The van der Waals surface area contributed by atoms with Gasteiger partial charge in [0.2, 0.25) is 10.0 Å². The van der Waals surface area contributed by atoms with Gasteiger partial charge >= 0.3 is 0 Å². The zero-order valence-corrected chi connectivity index (χ0v) is 15.1. The molecular weight excluding hydrogens is 356 g/mol. The number of amides is 1. The highest BCUT2D eigenvalue weighted by Crippen LogP contribution is 2.13. The molecule has 0 radical (unpaired) electrons. The van der Waals surface area contributed by atoms with Gasteiger partial charge in [-0.2, -0.15) is 0 Å². The van der Waals surface area contributed by atoms with Crippen LogP contribution in [0, 0.1) is 0 Å². The number of furan rings is 1. The van der Waals surface area contributed by atoms with Crippen LogP contribution in [0.3, 0.4) is 0 Å². The van der Waals surface area contributed by atoms with Crippen molar-refractivity contribution in [1.82, 2.24) is 10.0 Å². The fraction of sp³-hybridized carbons (Fsp3) is 0.389. The third-order valence-electron chi connectivity index (χ3n) is 4.16. The number of ether oxygens (including phenoxy) is 1. The van der Waals surface area contributed by atoms with Gasteiger partial charge in [-0.15, -0.1) is 0 Å². The van der Waals surface area contributed by atoms with Crippen molar-refractivity contribution in [3.05, 3.63) is 54.0 Å². The van der Waals surface area contributed by atoms with Gasteiger partial charge in [0.05, 0.1) is 17.3 Å². The molecule has 8 heteroatoms. The molecule has 3 rings (SSSR count). The van der Waals surface area contributed by atoms with Gasteiger partial charge in [-0.3, -0.25) is 4.79 Å². The highest BCUT2D eigenvalue weighted by Gasteiger charge is 2.19. The average molecular weight is 378 g/mol. The number of carbonyl (C=O) groups excluding carboxylic acids is 1. The van der Waals surface area contributed by atoms with Crippen LogP contribution in [0.5, 0.6) is 0 Å². The smallest absolute Gasteiger partial charge is 0.251 e. The van der Waals surface area contributed by atoms with E-state index in [2.05, 4.69) is 10.0 Å². The molecule has 1 amide bonds. The van der Waals surface area contributed by atoms with E-state index in [-0.39, 0.29) is 23.5 Å². The van der Waals surface area contributed by atoms with E-state index >= 15 is 0 Å². The molecule has 0 bridgehead atoms. The van der Waals surface area contributed by atoms with E-state index in [1.54, 1.807) is 30.5 Å². The van der Waals surface area contributed by atoms with Crippen molar-refractivity contribution in [3.8, 4) is 0 Å². The summed E-state index contributed by atoms with van der Waals surface area (Å²) in [6.07, 6.45) is 3.96. The first kappa shape index (κ1) is 18.6. The minimum Gasteiger partial charge on any atom is -0.469 e. The lowest BCUT2D eigenvalue weighted by atomic mass is 10.2. The molecule has 1 fully saturated rings. The van der Waals surface area contributed by atoms with Crippen LogP contribution in [0.25, 0.3) is 0 Å². The van der Waals surface area contributed by atoms with Crippen molar-refractivity contribution >= 4 is 15.9 Å². The zero-order valence-electron chi connectivity index (χ0n) is 14.3. The van der Waals surface area contributed by atoms with Crippen molar-refractivity contribution in [2.24, 2.45) is 0 Å². The van der Waals surface area contributed by atoms with Crippen molar-refractivity contribution < 1.29 is 22.4 Å². The van der Waals surface area contributed by atoms with Gasteiger partial charge in [0.25, 0.3) is 5.91 Å². The summed E-state index contributed by atoms with van der Waals surface area (Å²) in [6, 6.07) is 9.52. The first-order valence-corrected chi connectivity index (χ1v) is 10.0. The van der Waals surface area contributed by atoms with Crippen molar-refractivity contribution in [2.75, 3.05) is 19.7 Å². The van der Waals surface area contributed by atoms with Crippen LogP contribution in [0.15, 0.2) is 52.0 Å². The Bertz CT molecular complexity index is 827. The SMILES string of the molecule is O=C(NC[C@@H]1CCCO1)c1cccc(S(=O)(=O)NCCc2ccco2)c1. The number of sulfonamides is 1. The normalized spacial score (nSPS) is 17.3. The Balaban J connectivity index is 1.58. The molecule has 2 aromatic rings. The molecule has 0 unspecified atom stereocenters. The standard InChI is InChI=1S/C18H22N2O5S/c21-18(19-13-16-6-3-11-25-16)14-4-1-7-17(12-14)26(22,23)20-9-8-15-5-2-10-24-15/h1-2,4-5,7,10,12,16,20H,3,6,8-9,11,13H2,(H,19,21)/t16-/m0/s1. The molecule has 2 heterocycles. The molecular formula is C18H22N2O5S. The average Bonchev–Trinajstić information content (AvgIpc) is 3.33. The van der Waals surface area contributed by atoms with Crippen molar-refractivity contribution in [3.63, 3.8) is 0 Å². The van der Waals surface area contributed by atoms with Crippen LogP contribution >= 0.6 is 0 Å². The molecule has 1 aromatic heterocycles. The summed E-state index contributed by atoms with van der Waals surface area (Å²) in [5.41, 5.74) is 0.303. The fourth-order valence-electron chi connectivity index (χ4n) is 2.77. The van der Waals surface area contributed by atoms with Crippen LogP contribution < -0.4 is 10.0 Å². The lowest BCUT2D eigenvalue weighted by molar-refractivity contribution is 0.0857. The molecule has 1 aliphatic heterocycles. The van der Waals surface area contributed by atoms with E-state index < -0.39 is 10.0 Å². The third-order valence-corrected chi connectivity index (χ3v) is 5.62. The summed E-state index contributed by atoms with van der Waals surface area (Å²) < 4.78 is 38.0. The van der Waals surface area contributed by atoms with Gasteiger partial charge in [-0.1, -0.05) is 6.07 Å². The first-order chi connectivity index (χ1) is 12.5. The van der Waals surface area contributed by atoms with Crippen molar-refractivity contribution in [2.45, 2.75) is 30.3 Å². The largest absolute Gasteiger partial charge is 0.469 e. The quantitative estimate of drug-likeness (QED) is 0.729. The Labute approximate surface area is 152 Å². The van der Waals surface area contributed by atoms with E-state index in [1.807, 2.05) is 0 Å². The second-order valence-corrected chi connectivity index (χ2v) is 7.87. The second-order valence-electron chi connectivity index (χ2n) is 6.10. The van der Waals surface area contributed by atoms with E-state index in [0.29, 0.717) is 24.3 Å². The summed E-state index contributed by atoms with van der Waals surface area (Å²) in [5.74, 6) is 0.392. The van der Waals surface area contributed by atoms with E-state index in [9.17, 15) is 13.2 Å². The fourth-order valence-corrected chi connectivity index (χ4v) is 3.84. The Morgan fingerprint density at radius 1 is 1.23 bits per heavy atom. The van der Waals surface area contributed by atoms with Gasteiger partial charge in [0.15, 0.2) is 0 Å². The predicted octanol–water partition coefficient (Wildman–Crippen LogP) is 1.71. The Kier molecular flexibility index (Phi) is 6.08. The van der Waals surface area contributed by atoms with Crippen LogP contribution in [0.4, 0.5) is 0 Å². The molecule has 2 N–H and O–H groups in total. The molecule has 0 spiro atoms. The highest BCUT2D eigenvalue weighted by molar-refractivity contribution is 7.89. The zero-order chi connectivity index (χ0) is 18.4. The van der Waals surface area contributed by atoms with Gasteiger partial charge in [0.1, 0.15) is 5.76 Å². The molecule has 7 nitrogen and oxygen atoms in total. The minimum atomic E-state index is -3.70. The van der Waals surface area contributed by atoms with E-state index in [0.717, 1.165) is 19.4 Å². The summed E-state index contributed by atoms with van der Waals surface area (Å²) in [5, 5.41) is 2.79. The lowest BCUT2D eigenvalue weighted by Gasteiger charge is -2.11. The number of benzene rings is 1. The molecule has 0 saturated carbocycles. The maximum Gasteiger partial charge on any atom is 0.251 e. The van der Waals surface area contributed by atoms with Crippen molar-refractivity contribution in [1.29, 1.82) is 0 Å². The second kappa shape index (κ2) is 8.48. The topological polar surface area (TPSA) is 97.6 Å². The first-order valence-electron chi connectivity index (χ1n) is 8.56. The van der Waals surface area contributed by atoms with Crippen LogP contribution in [-0.2, 0) is 21.2 Å². The Morgan fingerprint density at radius 3 is 2.85 bits per heavy atom. The van der Waals surface area contributed by atoms with Gasteiger partial charge in [0, 0.05) is 31.7 Å². The molecule has 1 aromatic carbocycles. The molecule has 140 valence electrons. The lowest BCUT2D eigenvalue weighted by Crippen LogP contribution is -2.32. The molecule has 1 aliphatic rings. The van der Waals surface area contributed by atoms with Gasteiger partial charge in [-0.25, -0.2) is 13.1 Å². The number of hydrogen-bond donors (Lipinski definition) is 2. The number of hydrogen-bond acceptors (Lipinski definition) is 5. The van der Waals surface area contributed by atoms with E-state index in [1.165, 1.54) is 12.1 Å².